The van der Waals surface area contributed by atoms with Crippen LogP contribution < -0.4 is 0 Å². The van der Waals surface area contributed by atoms with Gasteiger partial charge in [-0.3, -0.25) is 0 Å². The fraction of sp³-hybridized carbons (Fsp3) is 0.765. The topological polar surface area (TPSA) is 27.7 Å². The Labute approximate surface area is 132 Å². The number of hydrogen-bond donors (Lipinski definition) is 0. The molecule has 0 heterocycles. The molecule has 0 rings (SSSR count). The number of allylic oxidation sites excluding steroid dienone is 3. The van der Waals surface area contributed by atoms with Crippen molar-refractivity contribution in [2.75, 3.05) is 27.4 Å². The maximum atomic E-state index is 5.67. The quantitative estimate of drug-likeness (QED) is 0.293. The fourth-order valence-corrected chi connectivity index (χ4v) is 3.33. The average molecular weight is 315 g/mol. The van der Waals surface area contributed by atoms with Gasteiger partial charge in [-0.05, 0) is 59.0 Å². The van der Waals surface area contributed by atoms with E-state index >= 15 is 0 Å². The molecule has 0 radical (unpaired) electrons. The van der Waals surface area contributed by atoms with Gasteiger partial charge in [-0.25, -0.2) is 0 Å². The predicted molar refractivity (Wildman–Crippen MR) is 92.9 cm³/mol. The highest BCUT2D eigenvalue weighted by atomic mass is 28.4. The summed E-state index contributed by atoms with van der Waals surface area (Å²) in [5.74, 6) is 0. The smallest absolute Gasteiger partial charge is 0.334 e. The van der Waals surface area contributed by atoms with Crippen LogP contribution in [0.1, 0.15) is 46.5 Å². The molecule has 0 aliphatic rings. The van der Waals surface area contributed by atoms with Gasteiger partial charge in [0.25, 0.3) is 0 Å². The van der Waals surface area contributed by atoms with Crippen molar-refractivity contribution in [1.82, 2.24) is 0 Å². The van der Waals surface area contributed by atoms with E-state index in [0.717, 1.165) is 44.9 Å². The molecule has 0 spiro atoms. The second-order valence-electron chi connectivity index (χ2n) is 5.92. The van der Waals surface area contributed by atoms with Gasteiger partial charge in [-0.1, -0.05) is 23.3 Å². The summed E-state index contributed by atoms with van der Waals surface area (Å²) in [6.45, 7) is 10.2. The molecule has 3 nitrogen and oxygen atoms in total. The SMILES string of the molecule is CO[Si](C)(CCCOCC/C=C(\C)CCC=C(C)C)OC. The van der Waals surface area contributed by atoms with Crippen LogP contribution in [0.15, 0.2) is 23.3 Å². The third-order valence-electron chi connectivity index (χ3n) is 3.63. The Morgan fingerprint density at radius 2 is 1.62 bits per heavy atom. The summed E-state index contributed by atoms with van der Waals surface area (Å²) in [6.07, 6.45) is 8.89. The average Bonchev–Trinajstić information content (AvgIpc) is 2.45. The van der Waals surface area contributed by atoms with Crippen LogP contribution in [0.4, 0.5) is 0 Å². The van der Waals surface area contributed by atoms with Crippen molar-refractivity contribution >= 4 is 8.56 Å². The summed E-state index contributed by atoms with van der Waals surface area (Å²) < 4.78 is 16.6. The van der Waals surface area contributed by atoms with Gasteiger partial charge in [0, 0.05) is 20.8 Å². The highest BCUT2D eigenvalue weighted by Gasteiger charge is 2.27. The normalized spacial score (nSPS) is 12.6. The van der Waals surface area contributed by atoms with Crippen molar-refractivity contribution in [3.05, 3.63) is 23.3 Å². The monoisotopic (exact) mass is 314 g/mol. The van der Waals surface area contributed by atoms with Crippen molar-refractivity contribution in [2.45, 2.75) is 59.0 Å². The molecule has 0 aliphatic carbocycles. The summed E-state index contributed by atoms with van der Waals surface area (Å²) in [4.78, 5) is 0. The van der Waals surface area contributed by atoms with Gasteiger partial charge in [0.1, 0.15) is 0 Å². The lowest BCUT2D eigenvalue weighted by molar-refractivity contribution is 0.136. The summed E-state index contributed by atoms with van der Waals surface area (Å²) in [5.41, 5.74) is 2.85. The Bertz CT molecular complexity index is 316. The highest BCUT2D eigenvalue weighted by Crippen LogP contribution is 2.13. The van der Waals surface area contributed by atoms with E-state index in [1.807, 2.05) is 0 Å². The van der Waals surface area contributed by atoms with Crippen LogP contribution in [0, 0.1) is 0 Å². The van der Waals surface area contributed by atoms with Crippen LogP contribution in [0.2, 0.25) is 12.6 Å². The van der Waals surface area contributed by atoms with E-state index in [1.54, 1.807) is 14.2 Å². The van der Waals surface area contributed by atoms with E-state index in [-0.39, 0.29) is 0 Å². The zero-order valence-electron chi connectivity index (χ0n) is 14.8. The molecule has 4 heteroatoms. The van der Waals surface area contributed by atoms with E-state index in [1.165, 1.54) is 11.1 Å². The highest BCUT2D eigenvalue weighted by molar-refractivity contribution is 6.65. The molecule has 0 bridgehead atoms. The first-order valence-corrected chi connectivity index (χ1v) is 10.4. The maximum absolute atomic E-state index is 5.67. The van der Waals surface area contributed by atoms with Crippen molar-refractivity contribution in [2.24, 2.45) is 0 Å². The molecule has 0 aliphatic heterocycles. The van der Waals surface area contributed by atoms with Crippen molar-refractivity contribution in [3.63, 3.8) is 0 Å². The third kappa shape index (κ3) is 11.9. The van der Waals surface area contributed by atoms with Gasteiger partial charge in [-0.2, -0.15) is 0 Å². The minimum atomic E-state index is -1.91. The van der Waals surface area contributed by atoms with Crippen LogP contribution in [0.25, 0.3) is 0 Å². The Hall–Kier alpha value is -0.423. The fourth-order valence-electron chi connectivity index (χ4n) is 1.96. The summed E-state index contributed by atoms with van der Waals surface area (Å²) >= 11 is 0. The minimum absolute atomic E-state index is 0.792. The van der Waals surface area contributed by atoms with E-state index < -0.39 is 8.56 Å². The molecule has 0 unspecified atom stereocenters. The number of hydrogen-bond acceptors (Lipinski definition) is 3. The largest absolute Gasteiger partial charge is 0.398 e. The van der Waals surface area contributed by atoms with E-state index in [4.69, 9.17) is 13.6 Å². The molecule has 21 heavy (non-hydrogen) atoms. The molecule has 0 aromatic heterocycles. The molecule has 0 saturated heterocycles. The Morgan fingerprint density at radius 3 is 2.19 bits per heavy atom. The van der Waals surface area contributed by atoms with Crippen LogP contribution >= 0.6 is 0 Å². The summed E-state index contributed by atoms with van der Waals surface area (Å²) in [5, 5.41) is 0. The van der Waals surface area contributed by atoms with E-state index in [9.17, 15) is 0 Å². The third-order valence-corrected chi connectivity index (χ3v) is 6.62. The van der Waals surface area contributed by atoms with Gasteiger partial charge in [-0.15, -0.1) is 0 Å². The molecule has 0 fully saturated rings. The first-order valence-electron chi connectivity index (χ1n) is 7.90. The Balaban J connectivity index is 3.61. The molecular weight excluding hydrogens is 280 g/mol. The lowest BCUT2D eigenvalue weighted by Crippen LogP contribution is -2.36. The van der Waals surface area contributed by atoms with Crippen molar-refractivity contribution < 1.29 is 13.6 Å². The predicted octanol–water partition coefficient (Wildman–Crippen LogP) is 4.84. The van der Waals surface area contributed by atoms with E-state index in [0.29, 0.717) is 0 Å². The minimum Gasteiger partial charge on any atom is -0.398 e. The van der Waals surface area contributed by atoms with Crippen LogP contribution in [0.5, 0.6) is 0 Å². The molecule has 0 saturated carbocycles. The first-order chi connectivity index (χ1) is 9.93. The molecular formula is C17H34O3Si. The van der Waals surface area contributed by atoms with Crippen LogP contribution in [-0.2, 0) is 13.6 Å². The van der Waals surface area contributed by atoms with Crippen molar-refractivity contribution in [3.8, 4) is 0 Å². The van der Waals surface area contributed by atoms with Gasteiger partial charge in [0.15, 0.2) is 0 Å². The maximum Gasteiger partial charge on any atom is 0.334 e. The molecule has 0 amide bonds. The first kappa shape index (κ1) is 20.6. The zero-order chi connectivity index (χ0) is 16.1. The van der Waals surface area contributed by atoms with Gasteiger partial charge >= 0.3 is 8.56 Å². The zero-order valence-corrected chi connectivity index (χ0v) is 15.8. The summed E-state index contributed by atoms with van der Waals surface area (Å²) in [6, 6.07) is 0.984. The molecule has 124 valence electrons. The molecule has 0 aromatic rings. The standard InChI is InChI=1S/C17H34O3Si/c1-16(2)10-7-11-17(3)12-8-13-20-14-9-15-21(6,18-4)19-5/h10,12H,7-9,11,13-15H2,1-6H3/b17-12+. The molecule has 0 N–H and O–H groups in total. The van der Waals surface area contributed by atoms with Crippen LogP contribution in [0.3, 0.4) is 0 Å². The number of rotatable bonds is 12. The second-order valence-corrected chi connectivity index (χ2v) is 9.50. The van der Waals surface area contributed by atoms with Gasteiger partial charge < -0.3 is 13.6 Å². The lowest BCUT2D eigenvalue weighted by atomic mass is 10.1. The number of ether oxygens (including phenoxy) is 1. The molecule has 0 atom stereocenters. The van der Waals surface area contributed by atoms with Gasteiger partial charge in [0.2, 0.25) is 0 Å². The molecule has 0 aromatic carbocycles. The van der Waals surface area contributed by atoms with Gasteiger partial charge in [0.05, 0.1) is 6.61 Å². The Kier molecular flexibility index (Phi) is 11.9. The summed E-state index contributed by atoms with van der Waals surface area (Å²) in [7, 11) is 1.57. The van der Waals surface area contributed by atoms with E-state index in [2.05, 4.69) is 39.5 Å². The van der Waals surface area contributed by atoms with Crippen molar-refractivity contribution in [1.29, 1.82) is 0 Å². The van der Waals surface area contributed by atoms with Crippen LogP contribution in [-0.4, -0.2) is 36.0 Å². The Morgan fingerprint density at radius 1 is 0.952 bits per heavy atom. The lowest BCUT2D eigenvalue weighted by Gasteiger charge is -2.22. The second kappa shape index (κ2) is 12.2.